The molecule has 0 saturated heterocycles. The van der Waals surface area contributed by atoms with E-state index in [0.717, 1.165) is 21.8 Å². The number of para-hydroxylation sites is 2. The maximum Gasteiger partial charge on any atom is 0.328 e. The number of aromatic amines is 1. The number of carbonyl (C=O) groups is 2. The second-order valence-corrected chi connectivity index (χ2v) is 6.52. The van der Waals surface area contributed by atoms with E-state index in [0.29, 0.717) is 11.4 Å². The molecule has 1 aromatic heterocycles. The highest BCUT2D eigenvalue weighted by molar-refractivity contribution is 6.00. The molecular weight excluding hydrogens is 354 g/mol. The summed E-state index contributed by atoms with van der Waals surface area (Å²) in [7, 11) is 1.30. The van der Waals surface area contributed by atoms with Crippen LogP contribution in [-0.2, 0) is 16.0 Å². The Morgan fingerprint density at radius 3 is 2.57 bits per heavy atom. The average Bonchev–Trinajstić information content (AvgIpc) is 3.14. The van der Waals surface area contributed by atoms with Gasteiger partial charge in [0.1, 0.15) is 11.9 Å². The summed E-state index contributed by atoms with van der Waals surface area (Å²) in [5, 5.41) is 4.78. The Balaban J connectivity index is 1.56. The van der Waals surface area contributed by atoms with Gasteiger partial charge in [0, 0.05) is 12.0 Å². The molecule has 4 rings (SSSR count). The summed E-state index contributed by atoms with van der Waals surface area (Å²) >= 11 is 0. The number of rotatable bonds is 5. The molecule has 0 aliphatic carbocycles. The van der Waals surface area contributed by atoms with Gasteiger partial charge >= 0.3 is 5.97 Å². The third-order valence-electron chi connectivity index (χ3n) is 4.64. The molecule has 0 bridgehead atoms. The number of aromatic nitrogens is 2. The van der Waals surface area contributed by atoms with Crippen molar-refractivity contribution in [3.63, 3.8) is 0 Å². The maximum atomic E-state index is 12.7. The third kappa shape index (κ3) is 3.57. The average molecular weight is 373 g/mol. The molecule has 2 N–H and O–H groups in total. The topological polar surface area (TPSA) is 84.1 Å². The Labute approximate surface area is 161 Å². The van der Waals surface area contributed by atoms with E-state index in [9.17, 15) is 9.59 Å². The first-order valence-corrected chi connectivity index (χ1v) is 8.95. The van der Waals surface area contributed by atoms with Crippen molar-refractivity contribution in [2.45, 2.75) is 12.5 Å². The number of H-pyrrole nitrogens is 1. The molecule has 6 heteroatoms. The minimum Gasteiger partial charge on any atom is -0.467 e. The van der Waals surface area contributed by atoms with Crippen LogP contribution in [0.25, 0.3) is 21.8 Å². The van der Waals surface area contributed by atoms with E-state index >= 15 is 0 Å². The molecular formula is C22H19N3O3. The van der Waals surface area contributed by atoms with Gasteiger partial charge in [-0.15, -0.1) is 0 Å². The smallest absolute Gasteiger partial charge is 0.328 e. The van der Waals surface area contributed by atoms with Gasteiger partial charge in [0.25, 0.3) is 5.91 Å². The first-order chi connectivity index (χ1) is 13.6. The van der Waals surface area contributed by atoms with E-state index < -0.39 is 12.0 Å². The standard InChI is InChI=1S/C22H19N3O3/c1-28-22(27)19(13-20-23-17-8-4-5-9-18(17)24-20)25-21(26)16-11-10-14-6-2-3-7-15(14)12-16/h2-12,19H,13H2,1H3,(H,23,24)(H,25,26). The number of hydrogen-bond acceptors (Lipinski definition) is 4. The van der Waals surface area contributed by atoms with Gasteiger partial charge in [0.2, 0.25) is 0 Å². The number of amides is 1. The summed E-state index contributed by atoms with van der Waals surface area (Å²) in [4.78, 5) is 32.6. The number of nitrogens with one attached hydrogen (secondary N) is 2. The minimum atomic E-state index is -0.843. The van der Waals surface area contributed by atoms with E-state index in [-0.39, 0.29) is 12.3 Å². The van der Waals surface area contributed by atoms with Crippen molar-refractivity contribution in [1.82, 2.24) is 15.3 Å². The summed E-state index contributed by atoms with van der Waals surface area (Å²) in [6.45, 7) is 0. The molecule has 3 aromatic carbocycles. The normalized spacial score (nSPS) is 12.0. The number of fused-ring (bicyclic) bond motifs is 2. The Kier molecular flexibility index (Phi) is 4.76. The highest BCUT2D eigenvalue weighted by Crippen LogP contribution is 2.16. The Hall–Kier alpha value is -3.67. The zero-order chi connectivity index (χ0) is 19.5. The summed E-state index contributed by atoms with van der Waals surface area (Å²) < 4.78 is 4.87. The molecule has 1 amide bonds. The van der Waals surface area contributed by atoms with Crippen molar-refractivity contribution in [3.8, 4) is 0 Å². The summed E-state index contributed by atoms with van der Waals surface area (Å²) in [6.07, 6.45) is 0.209. The highest BCUT2D eigenvalue weighted by atomic mass is 16.5. The van der Waals surface area contributed by atoms with Crippen LogP contribution in [0.2, 0.25) is 0 Å². The van der Waals surface area contributed by atoms with E-state index in [2.05, 4.69) is 15.3 Å². The predicted molar refractivity (Wildman–Crippen MR) is 107 cm³/mol. The van der Waals surface area contributed by atoms with Crippen molar-refractivity contribution in [1.29, 1.82) is 0 Å². The van der Waals surface area contributed by atoms with Crippen LogP contribution < -0.4 is 5.32 Å². The lowest BCUT2D eigenvalue weighted by molar-refractivity contribution is -0.142. The molecule has 0 fully saturated rings. The van der Waals surface area contributed by atoms with Crippen LogP contribution in [0.15, 0.2) is 66.7 Å². The van der Waals surface area contributed by atoms with Crippen LogP contribution in [0.1, 0.15) is 16.2 Å². The van der Waals surface area contributed by atoms with Gasteiger partial charge in [-0.2, -0.15) is 0 Å². The molecule has 1 atom stereocenters. The van der Waals surface area contributed by atoms with Crippen LogP contribution in [0.5, 0.6) is 0 Å². The number of methoxy groups -OCH3 is 1. The summed E-state index contributed by atoms with van der Waals surface area (Å²) in [5.41, 5.74) is 2.17. The largest absolute Gasteiger partial charge is 0.467 e. The first kappa shape index (κ1) is 17.7. The van der Waals surface area contributed by atoms with Gasteiger partial charge in [-0.1, -0.05) is 42.5 Å². The highest BCUT2D eigenvalue weighted by Gasteiger charge is 2.24. The molecule has 0 aliphatic heterocycles. The van der Waals surface area contributed by atoms with Crippen LogP contribution in [0.4, 0.5) is 0 Å². The monoisotopic (exact) mass is 373 g/mol. The molecule has 140 valence electrons. The quantitative estimate of drug-likeness (QED) is 0.526. The number of ether oxygens (including phenoxy) is 1. The van der Waals surface area contributed by atoms with Crippen molar-refractivity contribution >= 4 is 33.7 Å². The number of carbonyl (C=O) groups excluding carboxylic acids is 2. The second-order valence-electron chi connectivity index (χ2n) is 6.52. The molecule has 0 radical (unpaired) electrons. The van der Waals surface area contributed by atoms with Gasteiger partial charge in [0.05, 0.1) is 18.1 Å². The molecule has 1 heterocycles. The van der Waals surface area contributed by atoms with Crippen LogP contribution in [0, 0.1) is 0 Å². The summed E-state index contributed by atoms with van der Waals surface area (Å²) in [6, 6.07) is 20.0. The lowest BCUT2D eigenvalue weighted by Gasteiger charge is -2.15. The van der Waals surface area contributed by atoms with Gasteiger partial charge in [-0.25, -0.2) is 9.78 Å². The fourth-order valence-electron chi connectivity index (χ4n) is 3.20. The minimum absolute atomic E-state index is 0.209. The van der Waals surface area contributed by atoms with Crippen molar-refractivity contribution in [2.75, 3.05) is 7.11 Å². The predicted octanol–water partition coefficient (Wildman–Crippen LogP) is 3.23. The lowest BCUT2D eigenvalue weighted by atomic mass is 10.1. The molecule has 0 saturated carbocycles. The SMILES string of the molecule is COC(=O)C(Cc1nc2ccccc2[nH]1)NC(=O)c1ccc2ccccc2c1. The number of nitrogens with zero attached hydrogens (tertiary/aromatic N) is 1. The second kappa shape index (κ2) is 7.52. The van der Waals surface area contributed by atoms with Crippen molar-refractivity contribution in [3.05, 3.63) is 78.1 Å². The zero-order valence-corrected chi connectivity index (χ0v) is 15.3. The van der Waals surface area contributed by atoms with Crippen LogP contribution in [-0.4, -0.2) is 35.0 Å². The van der Waals surface area contributed by atoms with E-state index in [4.69, 9.17) is 4.74 Å². The van der Waals surface area contributed by atoms with Crippen LogP contribution >= 0.6 is 0 Å². The number of imidazole rings is 1. The number of esters is 1. The van der Waals surface area contributed by atoms with Crippen LogP contribution in [0.3, 0.4) is 0 Å². The lowest BCUT2D eigenvalue weighted by Crippen LogP contribution is -2.43. The number of hydrogen-bond donors (Lipinski definition) is 2. The van der Waals surface area contributed by atoms with Crippen molar-refractivity contribution < 1.29 is 14.3 Å². The Morgan fingerprint density at radius 1 is 1.04 bits per heavy atom. The molecule has 4 aromatic rings. The summed E-state index contributed by atoms with van der Waals surface area (Å²) in [5.74, 6) is -0.248. The third-order valence-corrected chi connectivity index (χ3v) is 4.64. The molecule has 0 spiro atoms. The maximum absolute atomic E-state index is 12.7. The van der Waals surface area contributed by atoms with E-state index in [1.165, 1.54) is 7.11 Å². The van der Waals surface area contributed by atoms with Crippen molar-refractivity contribution in [2.24, 2.45) is 0 Å². The van der Waals surface area contributed by atoms with Gasteiger partial charge in [-0.3, -0.25) is 4.79 Å². The van der Waals surface area contributed by atoms with Gasteiger partial charge in [0.15, 0.2) is 0 Å². The Bertz CT molecular complexity index is 1130. The fraction of sp³-hybridized carbons (Fsp3) is 0.136. The molecule has 6 nitrogen and oxygen atoms in total. The van der Waals surface area contributed by atoms with E-state index in [1.54, 1.807) is 12.1 Å². The van der Waals surface area contributed by atoms with Gasteiger partial charge < -0.3 is 15.0 Å². The molecule has 28 heavy (non-hydrogen) atoms. The number of benzene rings is 3. The first-order valence-electron chi connectivity index (χ1n) is 8.95. The molecule has 1 unspecified atom stereocenters. The van der Waals surface area contributed by atoms with E-state index in [1.807, 2.05) is 54.6 Å². The zero-order valence-electron chi connectivity index (χ0n) is 15.3. The van der Waals surface area contributed by atoms with Gasteiger partial charge in [-0.05, 0) is 35.0 Å². The fourth-order valence-corrected chi connectivity index (χ4v) is 3.20. The molecule has 0 aliphatic rings. The Morgan fingerprint density at radius 2 is 1.79 bits per heavy atom.